The molecule has 17 heavy (non-hydrogen) atoms. The van der Waals surface area contributed by atoms with Crippen LogP contribution in [0.4, 0.5) is 10.5 Å². The van der Waals surface area contributed by atoms with Gasteiger partial charge in [-0.15, -0.1) is 0 Å². The summed E-state index contributed by atoms with van der Waals surface area (Å²) in [6.07, 6.45) is 0. The summed E-state index contributed by atoms with van der Waals surface area (Å²) < 4.78 is 0. The van der Waals surface area contributed by atoms with E-state index in [0.29, 0.717) is 0 Å². The van der Waals surface area contributed by atoms with Crippen LogP contribution in [0.3, 0.4) is 0 Å². The third-order valence-electron chi connectivity index (χ3n) is 1.90. The predicted octanol–water partition coefficient (Wildman–Crippen LogP) is 1.33. The minimum Gasteiger partial charge on any atom is -0.376 e. The molecule has 1 aromatic carbocycles. The van der Waals surface area contributed by atoms with E-state index in [1.165, 1.54) is 0 Å². The molecule has 5 heteroatoms. The molecule has 3 N–H and O–H groups in total. The first-order valence-electron chi connectivity index (χ1n) is 5.47. The number of carbonyl (C=O) groups is 2. The van der Waals surface area contributed by atoms with Gasteiger partial charge in [-0.3, -0.25) is 10.1 Å². The molecule has 0 atom stereocenters. The lowest BCUT2D eigenvalue weighted by Gasteiger charge is -2.10. The standard InChI is InChI=1S/C12H17N3O2/c1-9(2)14-12(17)15-11(16)8-13-10-6-4-3-5-7-10/h3-7,9,13H,8H2,1-2H3,(H2,14,15,16,17). The average Bonchev–Trinajstić information content (AvgIpc) is 2.26. The summed E-state index contributed by atoms with van der Waals surface area (Å²) in [4.78, 5) is 22.6. The molecule has 5 nitrogen and oxygen atoms in total. The first-order valence-corrected chi connectivity index (χ1v) is 5.47. The third kappa shape index (κ3) is 5.55. The minimum absolute atomic E-state index is 0.00452. The van der Waals surface area contributed by atoms with Crippen molar-refractivity contribution >= 4 is 17.6 Å². The van der Waals surface area contributed by atoms with Crippen LogP contribution in [0.5, 0.6) is 0 Å². The van der Waals surface area contributed by atoms with E-state index in [9.17, 15) is 9.59 Å². The number of carbonyl (C=O) groups excluding carboxylic acids is 2. The van der Waals surface area contributed by atoms with Crippen molar-refractivity contribution in [1.29, 1.82) is 0 Å². The van der Waals surface area contributed by atoms with Gasteiger partial charge in [-0.25, -0.2) is 4.79 Å². The van der Waals surface area contributed by atoms with Crippen molar-refractivity contribution in [1.82, 2.24) is 10.6 Å². The minimum atomic E-state index is -0.472. The molecule has 0 saturated heterocycles. The maximum absolute atomic E-state index is 11.4. The molecule has 0 bridgehead atoms. The molecular formula is C12H17N3O2. The largest absolute Gasteiger partial charge is 0.376 e. The van der Waals surface area contributed by atoms with Gasteiger partial charge in [0.1, 0.15) is 0 Å². The van der Waals surface area contributed by atoms with E-state index >= 15 is 0 Å². The zero-order chi connectivity index (χ0) is 12.7. The van der Waals surface area contributed by atoms with E-state index in [2.05, 4.69) is 16.0 Å². The molecule has 1 rings (SSSR count). The molecule has 0 saturated carbocycles. The van der Waals surface area contributed by atoms with Crippen LogP contribution in [0, 0.1) is 0 Å². The van der Waals surface area contributed by atoms with Crippen LogP contribution in [0.1, 0.15) is 13.8 Å². The van der Waals surface area contributed by atoms with Gasteiger partial charge in [-0.2, -0.15) is 0 Å². The van der Waals surface area contributed by atoms with Crippen LogP contribution in [-0.4, -0.2) is 24.5 Å². The quantitative estimate of drug-likeness (QED) is 0.737. The molecule has 0 radical (unpaired) electrons. The van der Waals surface area contributed by atoms with Gasteiger partial charge in [-0.1, -0.05) is 18.2 Å². The number of para-hydroxylation sites is 1. The summed E-state index contributed by atoms with van der Waals surface area (Å²) in [6, 6.07) is 8.85. The highest BCUT2D eigenvalue weighted by Crippen LogP contribution is 2.03. The normalized spacial score (nSPS) is 9.82. The third-order valence-corrected chi connectivity index (χ3v) is 1.90. The molecule has 0 fully saturated rings. The lowest BCUT2D eigenvalue weighted by molar-refractivity contribution is -0.118. The number of hydrogen-bond acceptors (Lipinski definition) is 3. The summed E-state index contributed by atoms with van der Waals surface area (Å²) in [7, 11) is 0. The Morgan fingerprint density at radius 3 is 2.41 bits per heavy atom. The first-order chi connectivity index (χ1) is 8.08. The van der Waals surface area contributed by atoms with Crippen LogP contribution in [0.15, 0.2) is 30.3 Å². The molecule has 0 aliphatic carbocycles. The average molecular weight is 235 g/mol. The van der Waals surface area contributed by atoms with E-state index in [1.54, 1.807) is 0 Å². The van der Waals surface area contributed by atoms with Crippen LogP contribution >= 0.6 is 0 Å². The fraction of sp³-hybridized carbons (Fsp3) is 0.333. The second-order valence-corrected chi connectivity index (χ2v) is 3.90. The Balaban J connectivity index is 2.28. The Morgan fingerprint density at radius 1 is 1.18 bits per heavy atom. The Bertz CT molecular complexity index is 377. The smallest absolute Gasteiger partial charge is 0.321 e. The fourth-order valence-electron chi connectivity index (χ4n) is 1.21. The monoisotopic (exact) mass is 235 g/mol. The van der Waals surface area contributed by atoms with Crippen molar-refractivity contribution in [3.63, 3.8) is 0 Å². The first kappa shape index (κ1) is 13.0. The predicted molar refractivity (Wildman–Crippen MR) is 66.7 cm³/mol. The zero-order valence-electron chi connectivity index (χ0n) is 9.99. The summed E-state index contributed by atoms with van der Waals surface area (Å²) in [6.45, 7) is 3.72. The van der Waals surface area contributed by atoms with Crippen LogP contribution in [-0.2, 0) is 4.79 Å². The van der Waals surface area contributed by atoms with Gasteiger partial charge < -0.3 is 10.6 Å². The topological polar surface area (TPSA) is 70.2 Å². The van der Waals surface area contributed by atoms with Gasteiger partial charge in [0, 0.05) is 11.7 Å². The molecule has 0 aromatic heterocycles. The highest BCUT2D eigenvalue weighted by atomic mass is 16.2. The van der Waals surface area contributed by atoms with Gasteiger partial charge in [0.25, 0.3) is 0 Å². The van der Waals surface area contributed by atoms with E-state index in [0.717, 1.165) is 5.69 Å². The summed E-state index contributed by atoms with van der Waals surface area (Å²) in [5, 5.41) is 7.71. The maximum Gasteiger partial charge on any atom is 0.321 e. The molecule has 0 heterocycles. The second kappa shape index (κ2) is 6.52. The molecule has 92 valence electrons. The summed E-state index contributed by atoms with van der Waals surface area (Å²) in [5.41, 5.74) is 0.840. The van der Waals surface area contributed by atoms with E-state index in [1.807, 2.05) is 44.2 Å². The van der Waals surface area contributed by atoms with E-state index in [4.69, 9.17) is 0 Å². The SMILES string of the molecule is CC(C)NC(=O)NC(=O)CNc1ccccc1. The van der Waals surface area contributed by atoms with Crippen molar-refractivity contribution < 1.29 is 9.59 Å². The number of nitrogens with one attached hydrogen (secondary N) is 3. The lowest BCUT2D eigenvalue weighted by atomic mass is 10.3. The summed E-state index contributed by atoms with van der Waals surface area (Å²) in [5.74, 6) is -0.369. The number of urea groups is 1. The van der Waals surface area contributed by atoms with Gasteiger partial charge >= 0.3 is 6.03 Å². The van der Waals surface area contributed by atoms with Crippen molar-refractivity contribution in [3.8, 4) is 0 Å². The van der Waals surface area contributed by atoms with Gasteiger partial charge in [0.2, 0.25) is 5.91 Å². The number of imide groups is 1. The van der Waals surface area contributed by atoms with Gasteiger partial charge in [0.05, 0.1) is 6.54 Å². The van der Waals surface area contributed by atoms with Crippen LogP contribution in [0.2, 0.25) is 0 Å². The van der Waals surface area contributed by atoms with Gasteiger partial charge in [0.15, 0.2) is 0 Å². The molecule has 0 spiro atoms. The summed E-state index contributed by atoms with van der Waals surface area (Å²) >= 11 is 0. The zero-order valence-corrected chi connectivity index (χ0v) is 9.99. The van der Waals surface area contributed by atoms with E-state index < -0.39 is 6.03 Å². The Labute approximate surface area is 101 Å². The molecule has 0 aliphatic rings. The van der Waals surface area contributed by atoms with Gasteiger partial charge in [-0.05, 0) is 26.0 Å². The highest BCUT2D eigenvalue weighted by Gasteiger charge is 2.07. The number of benzene rings is 1. The number of rotatable bonds is 4. The van der Waals surface area contributed by atoms with E-state index in [-0.39, 0.29) is 18.5 Å². The molecule has 1 aromatic rings. The van der Waals surface area contributed by atoms with Crippen molar-refractivity contribution in [2.24, 2.45) is 0 Å². The highest BCUT2D eigenvalue weighted by molar-refractivity contribution is 5.96. The Hall–Kier alpha value is -2.04. The Kier molecular flexibility index (Phi) is 5.00. The maximum atomic E-state index is 11.4. The molecule has 0 aliphatic heterocycles. The van der Waals surface area contributed by atoms with Crippen LogP contribution < -0.4 is 16.0 Å². The van der Waals surface area contributed by atoms with Crippen molar-refractivity contribution in [2.75, 3.05) is 11.9 Å². The fourth-order valence-corrected chi connectivity index (χ4v) is 1.21. The lowest BCUT2D eigenvalue weighted by Crippen LogP contribution is -2.44. The second-order valence-electron chi connectivity index (χ2n) is 3.90. The van der Waals surface area contributed by atoms with Crippen LogP contribution in [0.25, 0.3) is 0 Å². The molecule has 3 amide bonds. The molecule has 0 unspecified atom stereocenters. The van der Waals surface area contributed by atoms with Crippen molar-refractivity contribution in [3.05, 3.63) is 30.3 Å². The number of hydrogen-bond donors (Lipinski definition) is 3. The number of amides is 3. The van der Waals surface area contributed by atoms with Crippen molar-refractivity contribution in [2.45, 2.75) is 19.9 Å². The number of anilines is 1. The Morgan fingerprint density at radius 2 is 1.82 bits per heavy atom. The molecular weight excluding hydrogens is 218 g/mol.